The highest BCUT2D eigenvalue weighted by Crippen LogP contribution is 2.31. The van der Waals surface area contributed by atoms with Crippen molar-refractivity contribution < 1.29 is 9.53 Å². The quantitative estimate of drug-likeness (QED) is 0.651. The van der Waals surface area contributed by atoms with E-state index in [9.17, 15) is 4.79 Å². The van der Waals surface area contributed by atoms with Gasteiger partial charge in [-0.15, -0.1) is 0 Å². The molecule has 1 aliphatic carbocycles. The van der Waals surface area contributed by atoms with E-state index in [-0.39, 0.29) is 5.97 Å². The van der Waals surface area contributed by atoms with E-state index in [1.165, 1.54) is 19.4 Å². The fraction of sp³-hybridized carbons (Fsp3) is 0.933. The van der Waals surface area contributed by atoms with E-state index in [1.807, 2.05) is 20.9 Å². The lowest BCUT2D eigenvalue weighted by atomic mass is 9.93. The van der Waals surface area contributed by atoms with Gasteiger partial charge < -0.3 is 15.0 Å². The molecule has 0 saturated heterocycles. The van der Waals surface area contributed by atoms with Gasteiger partial charge in [0.15, 0.2) is 0 Å². The van der Waals surface area contributed by atoms with Gasteiger partial charge in [0, 0.05) is 12.6 Å². The van der Waals surface area contributed by atoms with Crippen molar-refractivity contribution in [3.05, 3.63) is 0 Å². The van der Waals surface area contributed by atoms with Crippen molar-refractivity contribution >= 4 is 5.97 Å². The van der Waals surface area contributed by atoms with E-state index in [2.05, 4.69) is 24.1 Å². The van der Waals surface area contributed by atoms with Gasteiger partial charge in [0.05, 0.1) is 6.61 Å². The van der Waals surface area contributed by atoms with Crippen LogP contribution in [-0.2, 0) is 9.53 Å². The molecule has 19 heavy (non-hydrogen) atoms. The van der Waals surface area contributed by atoms with Gasteiger partial charge >= 0.3 is 5.97 Å². The van der Waals surface area contributed by atoms with Gasteiger partial charge in [-0.25, -0.2) is 0 Å². The molecule has 2 atom stereocenters. The number of ether oxygens (including phenoxy) is 1. The van der Waals surface area contributed by atoms with E-state index in [0.717, 1.165) is 18.9 Å². The third-order valence-corrected chi connectivity index (χ3v) is 4.20. The van der Waals surface area contributed by atoms with Gasteiger partial charge in [0.1, 0.15) is 5.54 Å². The molecule has 112 valence electrons. The molecule has 0 heterocycles. The third-order valence-electron chi connectivity index (χ3n) is 4.20. The number of carbonyl (C=O) groups is 1. The topological polar surface area (TPSA) is 41.6 Å². The SMILES string of the molecule is CCOC(=O)C(C)(CC(C)N(CC)CC1CC1)NC. The van der Waals surface area contributed by atoms with E-state index in [1.54, 1.807) is 0 Å². The molecule has 2 unspecified atom stereocenters. The van der Waals surface area contributed by atoms with Crippen molar-refractivity contribution in [1.29, 1.82) is 0 Å². The lowest BCUT2D eigenvalue weighted by Gasteiger charge is -2.35. The largest absolute Gasteiger partial charge is 0.465 e. The minimum Gasteiger partial charge on any atom is -0.465 e. The Morgan fingerprint density at radius 1 is 1.47 bits per heavy atom. The Labute approximate surface area is 117 Å². The molecule has 1 fully saturated rings. The van der Waals surface area contributed by atoms with Crippen molar-refractivity contribution in [2.24, 2.45) is 5.92 Å². The van der Waals surface area contributed by atoms with Crippen LogP contribution < -0.4 is 5.32 Å². The van der Waals surface area contributed by atoms with Crippen molar-refractivity contribution in [3.63, 3.8) is 0 Å². The summed E-state index contributed by atoms with van der Waals surface area (Å²) in [6.45, 7) is 10.8. The van der Waals surface area contributed by atoms with Crippen molar-refractivity contribution in [2.45, 2.75) is 58.5 Å². The Morgan fingerprint density at radius 3 is 2.53 bits per heavy atom. The fourth-order valence-electron chi connectivity index (χ4n) is 2.55. The van der Waals surface area contributed by atoms with Crippen LogP contribution in [0.25, 0.3) is 0 Å². The summed E-state index contributed by atoms with van der Waals surface area (Å²) in [5.41, 5.74) is -0.591. The minimum absolute atomic E-state index is 0.146. The zero-order valence-electron chi connectivity index (χ0n) is 13.2. The zero-order valence-corrected chi connectivity index (χ0v) is 13.2. The van der Waals surface area contributed by atoms with Crippen LogP contribution in [-0.4, -0.2) is 49.2 Å². The van der Waals surface area contributed by atoms with Crippen molar-refractivity contribution in [1.82, 2.24) is 10.2 Å². The van der Waals surface area contributed by atoms with Crippen LogP contribution in [0.5, 0.6) is 0 Å². The Kier molecular flexibility index (Phi) is 6.27. The summed E-state index contributed by atoms with van der Waals surface area (Å²) in [5.74, 6) is 0.734. The second-order valence-electron chi connectivity index (χ2n) is 5.89. The molecule has 1 N–H and O–H groups in total. The molecule has 1 aliphatic rings. The van der Waals surface area contributed by atoms with Gasteiger partial charge in [-0.1, -0.05) is 6.92 Å². The normalized spacial score (nSPS) is 20.1. The first-order valence-corrected chi connectivity index (χ1v) is 7.57. The molecule has 4 heteroatoms. The van der Waals surface area contributed by atoms with Crippen LogP contribution in [0.3, 0.4) is 0 Å². The highest BCUT2D eigenvalue weighted by molar-refractivity contribution is 5.80. The lowest BCUT2D eigenvalue weighted by molar-refractivity contribution is -0.151. The number of carbonyl (C=O) groups excluding carboxylic acids is 1. The minimum atomic E-state index is -0.591. The molecule has 1 saturated carbocycles. The smallest absolute Gasteiger partial charge is 0.326 e. The maximum absolute atomic E-state index is 12.1. The number of hydrogen-bond donors (Lipinski definition) is 1. The average molecular weight is 270 g/mol. The predicted molar refractivity (Wildman–Crippen MR) is 78.1 cm³/mol. The number of nitrogens with one attached hydrogen (secondary N) is 1. The first-order valence-electron chi connectivity index (χ1n) is 7.57. The second kappa shape index (κ2) is 7.25. The molecule has 0 aromatic rings. The molecular weight excluding hydrogens is 240 g/mol. The van der Waals surface area contributed by atoms with Gasteiger partial charge in [0.2, 0.25) is 0 Å². The molecular formula is C15H30N2O2. The van der Waals surface area contributed by atoms with Crippen molar-refractivity contribution in [3.8, 4) is 0 Å². The van der Waals surface area contributed by atoms with Crippen LogP contribution in [0.2, 0.25) is 0 Å². The standard InChI is InChI=1S/C15H30N2O2/c1-6-17(11-13-8-9-13)12(3)10-15(4,16-5)14(18)19-7-2/h12-13,16H,6-11H2,1-5H3. The van der Waals surface area contributed by atoms with Gasteiger partial charge in [-0.2, -0.15) is 0 Å². The van der Waals surface area contributed by atoms with E-state index in [4.69, 9.17) is 4.74 Å². The van der Waals surface area contributed by atoms with Crippen LogP contribution in [0.15, 0.2) is 0 Å². The number of nitrogens with zero attached hydrogens (tertiary/aromatic N) is 1. The molecule has 4 nitrogen and oxygen atoms in total. The first kappa shape index (κ1) is 16.4. The zero-order chi connectivity index (χ0) is 14.5. The molecule has 0 aliphatic heterocycles. The Hall–Kier alpha value is -0.610. The van der Waals surface area contributed by atoms with Crippen LogP contribution >= 0.6 is 0 Å². The summed E-state index contributed by atoms with van der Waals surface area (Å²) in [4.78, 5) is 14.6. The first-order chi connectivity index (χ1) is 8.96. The maximum atomic E-state index is 12.1. The fourth-order valence-corrected chi connectivity index (χ4v) is 2.55. The molecule has 0 amide bonds. The summed E-state index contributed by atoms with van der Waals surface area (Å²) in [6.07, 6.45) is 3.51. The molecule has 0 aromatic carbocycles. The van der Waals surface area contributed by atoms with E-state index >= 15 is 0 Å². The van der Waals surface area contributed by atoms with Crippen LogP contribution in [0, 0.1) is 5.92 Å². The second-order valence-corrected chi connectivity index (χ2v) is 5.89. The monoisotopic (exact) mass is 270 g/mol. The molecule has 0 spiro atoms. The van der Waals surface area contributed by atoms with Crippen molar-refractivity contribution in [2.75, 3.05) is 26.7 Å². The van der Waals surface area contributed by atoms with Crippen LogP contribution in [0.1, 0.15) is 47.0 Å². The van der Waals surface area contributed by atoms with E-state index < -0.39 is 5.54 Å². The summed E-state index contributed by atoms with van der Waals surface area (Å²) < 4.78 is 5.19. The summed E-state index contributed by atoms with van der Waals surface area (Å²) in [7, 11) is 1.83. The van der Waals surface area contributed by atoms with Gasteiger partial charge in [0.25, 0.3) is 0 Å². The summed E-state index contributed by atoms with van der Waals surface area (Å²) in [5, 5.41) is 3.14. The Bertz CT molecular complexity index is 292. The maximum Gasteiger partial charge on any atom is 0.326 e. The number of rotatable bonds is 9. The molecule has 0 aromatic heterocycles. The van der Waals surface area contributed by atoms with Gasteiger partial charge in [-0.3, -0.25) is 4.79 Å². The van der Waals surface area contributed by atoms with E-state index in [0.29, 0.717) is 12.6 Å². The number of hydrogen-bond acceptors (Lipinski definition) is 4. The highest BCUT2D eigenvalue weighted by atomic mass is 16.5. The summed E-state index contributed by atoms with van der Waals surface area (Å²) in [6, 6.07) is 0.382. The van der Waals surface area contributed by atoms with Crippen LogP contribution in [0.4, 0.5) is 0 Å². The highest BCUT2D eigenvalue weighted by Gasteiger charge is 2.36. The predicted octanol–water partition coefficient (Wildman–Crippen LogP) is 2.04. The summed E-state index contributed by atoms with van der Waals surface area (Å²) >= 11 is 0. The Balaban J connectivity index is 2.58. The Morgan fingerprint density at radius 2 is 2.11 bits per heavy atom. The number of esters is 1. The average Bonchev–Trinajstić information content (AvgIpc) is 3.19. The molecule has 1 rings (SSSR count). The number of likely N-dealkylation sites (N-methyl/N-ethyl adjacent to an activating group) is 1. The molecule has 0 bridgehead atoms. The molecule has 0 radical (unpaired) electrons. The third kappa shape index (κ3) is 4.77. The van der Waals surface area contributed by atoms with Gasteiger partial charge in [-0.05, 0) is 59.5 Å². The lowest BCUT2D eigenvalue weighted by Crippen LogP contribution is -2.53.